The number of nitrogens with zero attached hydrogens (tertiary/aromatic N) is 2. The van der Waals surface area contributed by atoms with Crippen LogP contribution < -0.4 is 15.2 Å². The van der Waals surface area contributed by atoms with Crippen LogP contribution in [0.25, 0.3) is 0 Å². The van der Waals surface area contributed by atoms with E-state index in [1.54, 1.807) is 24.5 Å². The number of amides is 1. The normalized spacial score (nSPS) is 17.8. The Hall–Kier alpha value is -2.60. The van der Waals surface area contributed by atoms with Crippen molar-refractivity contribution in [3.05, 3.63) is 53.9 Å². The zero-order valence-electron chi connectivity index (χ0n) is 16.6. The second kappa shape index (κ2) is 9.55. The summed E-state index contributed by atoms with van der Waals surface area (Å²) >= 11 is 0. The number of piperidine rings is 1. The van der Waals surface area contributed by atoms with Gasteiger partial charge in [0.1, 0.15) is 6.61 Å². The second-order valence-corrected chi connectivity index (χ2v) is 7.16. The molecule has 0 aliphatic carbocycles. The summed E-state index contributed by atoms with van der Waals surface area (Å²) in [5.41, 5.74) is 7.75. The van der Waals surface area contributed by atoms with Crippen LogP contribution in [0.5, 0.6) is 11.5 Å². The van der Waals surface area contributed by atoms with Crippen LogP contribution in [0.3, 0.4) is 0 Å². The van der Waals surface area contributed by atoms with Gasteiger partial charge in [-0.15, -0.1) is 0 Å². The van der Waals surface area contributed by atoms with E-state index in [0.717, 1.165) is 31.4 Å². The van der Waals surface area contributed by atoms with E-state index >= 15 is 0 Å². The lowest BCUT2D eigenvalue weighted by molar-refractivity contribution is 0.0583. The summed E-state index contributed by atoms with van der Waals surface area (Å²) in [4.78, 5) is 19.1. The van der Waals surface area contributed by atoms with Crippen LogP contribution in [-0.4, -0.2) is 41.0 Å². The van der Waals surface area contributed by atoms with Crippen LogP contribution in [0.4, 0.5) is 0 Å². The van der Waals surface area contributed by atoms with Crippen molar-refractivity contribution in [2.45, 2.75) is 51.8 Å². The smallest absolute Gasteiger partial charge is 0.254 e. The number of ether oxygens (including phenoxy) is 2. The maximum atomic E-state index is 13.1. The molecule has 0 unspecified atom stereocenters. The number of carbonyl (C=O) groups is 1. The predicted molar refractivity (Wildman–Crippen MR) is 109 cm³/mol. The van der Waals surface area contributed by atoms with Crippen LogP contribution in [0.15, 0.2) is 42.7 Å². The molecule has 1 amide bonds. The molecule has 1 aromatic heterocycles. The first kappa shape index (κ1) is 20.1. The maximum absolute atomic E-state index is 13.1. The van der Waals surface area contributed by atoms with Crippen molar-refractivity contribution in [1.29, 1.82) is 0 Å². The Morgan fingerprint density at radius 3 is 2.71 bits per heavy atom. The summed E-state index contributed by atoms with van der Waals surface area (Å²) in [5, 5.41) is 0. The number of likely N-dealkylation sites (tertiary alicyclic amines) is 1. The van der Waals surface area contributed by atoms with Gasteiger partial charge < -0.3 is 20.1 Å². The van der Waals surface area contributed by atoms with E-state index in [4.69, 9.17) is 15.2 Å². The number of pyridine rings is 1. The van der Waals surface area contributed by atoms with Crippen molar-refractivity contribution in [3.8, 4) is 11.5 Å². The van der Waals surface area contributed by atoms with Gasteiger partial charge in [0.05, 0.1) is 6.61 Å². The van der Waals surface area contributed by atoms with Crippen molar-refractivity contribution in [2.75, 3.05) is 13.2 Å². The summed E-state index contributed by atoms with van der Waals surface area (Å²) in [6.45, 7) is 5.54. The molecule has 2 N–H and O–H groups in total. The minimum atomic E-state index is -0.0430. The Bertz CT molecular complexity index is 780. The SMILES string of the molecule is CCOc1cc(C(=O)N2CCCC[C@@H]2[C@@H](C)N)ccc1OCc1ccncc1. The van der Waals surface area contributed by atoms with Gasteiger partial charge in [0.25, 0.3) is 5.91 Å². The molecule has 1 aromatic carbocycles. The van der Waals surface area contributed by atoms with Gasteiger partial charge in [-0.3, -0.25) is 9.78 Å². The topological polar surface area (TPSA) is 77.7 Å². The zero-order valence-corrected chi connectivity index (χ0v) is 16.6. The molecule has 1 aliphatic rings. The van der Waals surface area contributed by atoms with Gasteiger partial charge in [0.15, 0.2) is 11.5 Å². The zero-order chi connectivity index (χ0) is 19.9. The molecule has 1 aliphatic heterocycles. The van der Waals surface area contributed by atoms with Gasteiger partial charge >= 0.3 is 0 Å². The highest BCUT2D eigenvalue weighted by molar-refractivity contribution is 5.95. The Kier molecular flexibility index (Phi) is 6.87. The van der Waals surface area contributed by atoms with Crippen LogP contribution in [0.2, 0.25) is 0 Å². The molecule has 0 bridgehead atoms. The number of benzene rings is 1. The minimum absolute atomic E-state index is 0.00337. The maximum Gasteiger partial charge on any atom is 0.254 e. The highest BCUT2D eigenvalue weighted by Crippen LogP contribution is 2.31. The monoisotopic (exact) mass is 383 g/mol. The highest BCUT2D eigenvalue weighted by atomic mass is 16.5. The molecule has 2 atom stereocenters. The van der Waals surface area contributed by atoms with Crippen molar-refractivity contribution < 1.29 is 14.3 Å². The van der Waals surface area contributed by atoms with Gasteiger partial charge in [-0.2, -0.15) is 0 Å². The molecule has 0 spiro atoms. The van der Waals surface area contributed by atoms with Crippen molar-refractivity contribution in [1.82, 2.24) is 9.88 Å². The van der Waals surface area contributed by atoms with Crippen LogP contribution in [0, 0.1) is 0 Å². The average molecular weight is 383 g/mol. The quantitative estimate of drug-likeness (QED) is 0.793. The third kappa shape index (κ3) is 4.81. The number of nitrogens with two attached hydrogens (primary N) is 1. The number of aromatic nitrogens is 1. The van der Waals surface area contributed by atoms with Gasteiger partial charge in [-0.25, -0.2) is 0 Å². The molecular weight excluding hydrogens is 354 g/mol. The van der Waals surface area contributed by atoms with Crippen molar-refractivity contribution in [2.24, 2.45) is 5.73 Å². The molecule has 2 heterocycles. The minimum Gasteiger partial charge on any atom is -0.490 e. The molecule has 1 saturated heterocycles. The summed E-state index contributed by atoms with van der Waals surface area (Å²) < 4.78 is 11.7. The lowest BCUT2D eigenvalue weighted by atomic mass is 9.96. The van der Waals surface area contributed by atoms with E-state index in [1.165, 1.54) is 0 Å². The Balaban J connectivity index is 1.78. The van der Waals surface area contributed by atoms with Crippen LogP contribution in [-0.2, 0) is 6.61 Å². The molecule has 1 fully saturated rings. The molecule has 6 nitrogen and oxygen atoms in total. The van der Waals surface area contributed by atoms with E-state index in [2.05, 4.69) is 4.98 Å². The van der Waals surface area contributed by atoms with Crippen LogP contribution >= 0.6 is 0 Å². The molecular formula is C22H29N3O3. The van der Waals surface area contributed by atoms with Gasteiger partial charge in [0, 0.05) is 36.6 Å². The standard InChI is InChI=1S/C22H29N3O3/c1-3-27-21-14-18(22(26)25-13-5-4-6-19(25)16(2)23)7-8-20(21)28-15-17-9-11-24-12-10-17/h7-12,14,16,19H,3-6,13,15,23H2,1-2H3/t16-,19-/m1/s1. The summed E-state index contributed by atoms with van der Waals surface area (Å²) in [7, 11) is 0. The largest absolute Gasteiger partial charge is 0.490 e. The van der Waals surface area contributed by atoms with E-state index in [1.807, 2.05) is 36.9 Å². The molecule has 2 aromatic rings. The highest BCUT2D eigenvalue weighted by Gasteiger charge is 2.30. The summed E-state index contributed by atoms with van der Waals surface area (Å²) in [5.74, 6) is 1.21. The first-order chi connectivity index (χ1) is 13.6. The first-order valence-electron chi connectivity index (χ1n) is 9.95. The third-order valence-corrected chi connectivity index (χ3v) is 5.05. The molecule has 0 radical (unpaired) electrons. The van der Waals surface area contributed by atoms with E-state index in [9.17, 15) is 4.79 Å². The lowest BCUT2D eigenvalue weighted by Crippen LogP contribution is -2.51. The number of carbonyl (C=O) groups excluding carboxylic acids is 1. The Labute approximate surface area is 166 Å². The second-order valence-electron chi connectivity index (χ2n) is 7.16. The molecule has 3 rings (SSSR count). The third-order valence-electron chi connectivity index (χ3n) is 5.05. The molecule has 28 heavy (non-hydrogen) atoms. The van der Waals surface area contributed by atoms with Gasteiger partial charge in [-0.05, 0) is 69.0 Å². The molecule has 0 saturated carbocycles. The number of hydrogen-bond acceptors (Lipinski definition) is 5. The average Bonchev–Trinajstić information content (AvgIpc) is 2.73. The fourth-order valence-corrected chi connectivity index (χ4v) is 3.59. The summed E-state index contributed by atoms with van der Waals surface area (Å²) in [6.07, 6.45) is 6.55. The lowest BCUT2D eigenvalue weighted by Gasteiger charge is -2.38. The van der Waals surface area contributed by atoms with Gasteiger partial charge in [0.2, 0.25) is 0 Å². The van der Waals surface area contributed by atoms with Crippen molar-refractivity contribution in [3.63, 3.8) is 0 Å². The van der Waals surface area contributed by atoms with Gasteiger partial charge in [-0.1, -0.05) is 0 Å². The Morgan fingerprint density at radius 2 is 2.00 bits per heavy atom. The fraction of sp³-hybridized carbons (Fsp3) is 0.455. The molecule has 150 valence electrons. The van der Waals surface area contributed by atoms with Crippen molar-refractivity contribution >= 4 is 5.91 Å². The fourth-order valence-electron chi connectivity index (χ4n) is 3.59. The number of hydrogen-bond donors (Lipinski definition) is 1. The van der Waals surface area contributed by atoms with Crippen LogP contribution in [0.1, 0.15) is 49.0 Å². The number of rotatable bonds is 7. The van der Waals surface area contributed by atoms with E-state index < -0.39 is 0 Å². The molecule has 6 heteroatoms. The predicted octanol–water partition coefficient (Wildman–Crippen LogP) is 3.40. The Morgan fingerprint density at radius 1 is 1.21 bits per heavy atom. The van der Waals surface area contributed by atoms with E-state index in [0.29, 0.717) is 30.3 Å². The first-order valence-corrected chi connectivity index (χ1v) is 9.95. The van der Waals surface area contributed by atoms with E-state index in [-0.39, 0.29) is 18.0 Å². The summed E-state index contributed by atoms with van der Waals surface area (Å²) in [6, 6.07) is 9.24.